The van der Waals surface area contributed by atoms with Crippen LogP contribution < -0.4 is 4.74 Å². The topological polar surface area (TPSA) is 38.8 Å². The van der Waals surface area contributed by atoms with Crippen LogP contribution in [0.2, 0.25) is 0 Å². The van der Waals surface area contributed by atoms with Gasteiger partial charge in [0.25, 0.3) is 0 Å². The van der Waals surface area contributed by atoms with Crippen molar-refractivity contribution in [2.24, 2.45) is 0 Å². The zero-order chi connectivity index (χ0) is 16.2. The van der Waals surface area contributed by atoms with E-state index in [1.807, 2.05) is 48.5 Å². The fourth-order valence-electron chi connectivity index (χ4n) is 2.70. The van der Waals surface area contributed by atoms with Crippen molar-refractivity contribution in [3.63, 3.8) is 0 Å². The van der Waals surface area contributed by atoms with Crippen LogP contribution in [0.4, 0.5) is 4.79 Å². The highest BCUT2D eigenvalue weighted by Crippen LogP contribution is 2.37. The number of carbonyl (C=O) groups excluding carboxylic acids is 1. The van der Waals surface area contributed by atoms with Gasteiger partial charge in [0.05, 0.1) is 12.6 Å². The molecule has 1 unspecified atom stereocenters. The summed E-state index contributed by atoms with van der Waals surface area (Å²) >= 11 is 3.48. The van der Waals surface area contributed by atoms with Crippen LogP contribution in [0.5, 0.6) is 5.75 Å². The van der Waals surface area contributed by atoms with Crippen LogP contribution in [0.15, 0.2) is 53.0 Å². The van der Waals surface area contributed by atoms with Gasteiger partial charge in [-0.25, -0.2) is 4.79 Å². The first-order chi connectivity index (χ1) is 11.1. The van der Waals surface area contributed by atoms with E-state index in [2.05, 4.69) is 15.9 Å². The first-order valence-corrected chi connectivity index (χ1v) is 8.30. The molecule has 1 aliphatic heterocycles. The van der Waals surface area contributed by atoms with E-state index >= 15 is 0 Å². The van der Waals surface area contributed by atoms with Gasteiger partial charge in [0.15, 0.2) is 0 Å². The van der Waals surface area contributed by atoms with Gasteiger partial charge in [-0.15, -0.1) is 0 Å². The predicted molar refractivity (Wildman–Crippen MR) is 91.4 cm³/mol. The lowest BCUT2D eigenvalue weighted by Gasteiger charge is -2.32. The summed E-state index contributed by atoms with van der Waals surface area (Å²) in [5.41, 5.74) is 1.98. The van der Waals surface area contributed by atoms with Crippen molar-refractivity contribution in [3.05, 3.63) is 64.1 Å². The zero-order valence-corrected chi connectivity index (χ0v) is 14.5. The predicted octanol–water partition coefficient (Wildman–Crippen LogP) is 4.54. The standard InChI is InChI=1S/C18H18BrNO3/c1-20(18(21)23-12-13-5-3-2-4-6-13)16-9-10-22-17-8-7-14(19)11-15(16)17/h2-8,11,16H,9-10,12H2,1H3. The number of halogens is 1. The summed E-state index contributed by atoms with van der Waals surface area (Å²) in [7, 11) is 1.77. The maximum atomic E-state index is 12.4. The minimum Gasteiger partial charge on any atom is -0.493 e. The molecule has 0 aliphatic carbocycles. The van der Waals surface area contributed by atoms with Crippen molar-refractivity contribution in [2.45, 2.75) is 19.1 Å². The second kappa shape index (κ2) is 7.04. The Kier molecular flexibility index (Phi) is 4.86. The third-order valence-electron chi connectivity index (χ3n) is 3.94. The highest BCUT2D eigenvalue weighted by atomic mass is 79.9. The molecule has 2 aromatic carbocycles. The maximum absolute atomic E-state index is 12.4. The van der Waals surface area contributed by atoms with Crippen molar-refractivity contribution in [1.29, 1.82) is 0 Å². The number of benzene rings is 2. The molecule has 0 fully saturated rings. The average Bonchev–Trinajstić information content (AvgIpc) is 2.59. The molecule has 1 heterocycles. The lowest BCUT2D eigenvalue weighted by Crippen LogP contribution is -2.34. The smallest absolute Gasteiger partial charge is 0.410 e. The van der Waals surface area contributed by atoms with Gasteiger partial charge >= 0.3 is 6.09 Å². The molecule has 120 valence electrons. The highest BCUT2D eigenvalue weighted by Gasteiger charge is 2.28. The van der Waals surface area contributed by atoms with Gasteiger partial charge in [0.2, 0.25) is 0 Å². The Balaban J connectivity index is 1.70. The molecule has 1 amide bonds. The minimum absolute atomic E-state index is 0.0421. The molecule has 0 saturated carbocycles. The van der Waals surface area contributed by atoms with Crippen LogP contribution in [0.1, 0.15) is 23.6 Å². The van der Waals surface area contributed by atoms with Crippen molar-refractivity contribution in [1.82, 2.24) is 4.90 Å². The molecule has 0 spiro atoms. The SMILES string of the molecule is CN(C(=O)OCc1ccccc1)C1CCOc2ccc(Br)cc21. The van der Waals surface area contributed by atoms with Crippen molar-refractivity contribution in [3.8, 4) is 5.75 Å². The van der Waals surface area contributed by atoms with E-state index in [0.717, 1.165) is 27.8 Å². The van der Waals surface area contributed by atoms with Crippen LogP contribution in [0, 0.1) is 0 Å². The van der Waals surface area contributed by atoms with Crippen LogP contribution in [0.3, 0.4) is 0 Å². The number of nitrogens with zero attached hydrogens (tertiary/aromatic N) is 1. The summed E-state index contributed by atoms with van der Waals surface area (Å²) in [5, 5.41) is 0. The molecule has 0 saturated heterocycles. The number of ether oxygens (including phenoxy) is 2. The molecular weight excluding hydrogens is 358 g/mol. The summed E-state index contributed by atoms with van der Waals surface area (Å²) in [6.07, 6.45) is 0.423. The number of rotatable bonds is 3. The first-order valence-electron chi connectivity index (χ1n) is 7.51. The Morgan fingerprint density at radius 1 is 1.30 bits per heavy atom. The molecule has 0 bridgehead atoms. The van der Waals surface area contributed by atoms with E-state index in [1.54, 1.807) is 11.9 Å². The minimum atomic E-state index is -0.327. The molecule has 23 heavy (non-hydrogen) atoms. The lowest BCUT2D eigenvalue weighted by atomic mass is 10.00. The summed E-state index contributed by atoms with van der Waals surface area (Å²) in [6.45, 7) is 0.869. The summed E-state index contributed by atoms with van der Waals surface area (Å²) < 4.78 is 12.1. The van der Waals surface area contributed by atoms with Crippen molar-refractivity contribution < 1.29 is 14.3 Å². The van der Waals surface area contributed by atoms with E-state index in [0.29, 0.717) is 6.61 Å². The monoisotopic (exact) mass is 375 g/mol. The van der Waals surface area contributed by atoms with Gasteiger partial charge in [-0.2, -0.15) is 0 Å². The van der Waals surface area contributed by atoms with Crippen molar-refractivity contribution in [2.75, 3.05) is 13.7 Å². The number of amides is 1. The highest BCUT2D eigenvalue weighted by molar-refractivity contribution is 9.10. The second-order valence-electron chi connectivity index (χ2n) is 5.49. The summed E-state index contributed by atoms with van der Waals surface area (Å²) in [6, 6.07) is 15.5. The van der Waals surface area contributed by atoms with E-state index in [9.17, 15) is 4.79 Å². The van der Waals surface area contributed by atoms with Crippen LogP contribution in [-0.2, 0) is 11.3 Å². The molecule has 0 N–H and O–H groups in total. The summed E-state index contributed by atoms with van der Waals surface area (Å²) in [5.74, 6) is 0.826. The molecule has 5 heteroatoms. The van der Waals surface area contributed by atoms with Crippen LogP contribution in [0.25, 0.3) is 0 Å². The zero-order valence-electron chi connectivity index (χ0n) is 12.9. The molecule has 2 aromatic rings. The Hall–Kier alpha value is -2.01. The van der Waals surface area contributed by atoms with E-state index in [1.165, 1.54) is 0 Å². The Morgan fingerprint density at radius 2 is 2.09 bits per heavy atom. The maximum Gasteiger partial charge on any atom is 0.410 e. The van der Waals surface area contributed by atoms with Crippen molar-refractivity contribution >= 4 is 22.0 Å². The van der Waals surface area contributed by atoms with E-state index < -0.39 is 0 Å². The third-order valence-corrected chi connectivity index (χ3v) is 4.43. The van der Waals surface area contributed by atoms with Crippen LogP contribution >= 0.6 is 15.9 Å². The Bertz CT molecular complexity index is 690. The van der Waals surface area contributed by atoms with Gasteiger partial charge in [0, 0.05) is 23.5 Å². The second-order valence-corrected chi connectivity index (χ2v) is 6.40. The number of fused-ring (bicyclic) bond motifs is 1. The average molecular weight is 376 g/mol. The van der Waals surface area contributed by atoms with Gasteiger partial charge in [-0.1, -0.05) is 46.3 Å². The molecule has 1 aliphatic rings. The Morgan fingerprint density at radius 3 is 2.87 bits per heavy atom. The molecule has 0 aromatic heterocycles. The van der Waals surface area contributed by atoms with Crippen LogP contribution in [-0.4, -0.2) is 24.6 Å². The number of hydrogen-bond acceptors (Lipinski definition) is 3. The molecule has 4 nitrogen and oxygen atoms in total. The fourth-order valence-corrected chi connectivity index (χ4v) is 3.08. The third kappa shape index (κ3) is 3.67. The fraction of sp³-hybridized carbons (Fsp3) is 0.278. The molecule has 3 rings (SSSR count). The van der Waals surface area contributed by atoms with E-state index in [-0.39, 0.29) is 18.7 Å². The number of hydrogen-bond donors (Lipinski definition) is 0. The van der Waals surface area contributed by atoms with E-state index in [4.69, 9.17) is 9.47 Å². The first kappa shape index (κ1) is 15.9. The molecule has 0 radical (unpaired) electrons. The van der Waals surface area contributed by atoms with Gasteiger partial charge < -0.3 is 14.4 Å². The quantitative estimate of drug-likeness (QED) is 0.790. The van der Waals surface area contributed by atoms with Gasteiger partial charge in [-0.3, -0.25) is 0 Å². The lowest BCUT2D eigenvalue weighted by molar-refractivity contribution is 0.0813. The molecule has 1 atom stereocenters. The normalized spacial score (nSPS) is 16.2. The Labute approximate surface area is 144 Å². The molecular formula is C18H18BrNO3. The van der Waals surface area contributed by atoms with Gasteiger partial charge in [0.1, 0.15) is 12.4 Å². The largest absolute Gasteiger partial charge is 0.493 e. The van der Waals surface area contributed by atoms with Gasteiger partial charge in [-0.05, 0) is 23.8 Å². The summed E-state index contributed by atoms with van der Waals surface area (Å²) in [4.78, 5) is 14.0. The number of carbonyl (C=O) groups is 1.